The molecule has 0 aliphatic rings. The SMILES string of the molecule is COCC(=O)Nc1cccc(CNC(=O)CC#N)c1. The quantitative estimate of drug-likeness (QED) is 0.792. The lowest BCUT2D eigenvalue weighted by molar-refractivity contribution is -0.120. The molecule has 0 aliphatic heterocycles. The first-order chi connectivity index (χ1) is 9.15. The summed E-state index contributed by atoms with van der Waals surface area (Å²) in [7, 11) is 1.45. The van der Waals surface area contributed by atoms with Crippen molar-refractivity contribution >= 4 is 17.5 Å². The van der Waals surface area contributed by atoms with Gasteiger partial charge in [-0.2, -0.15) is 5.26 Å². The van der Waals surface area contributed by atoms with Gasteiger partial charge in [-0.25, -0.2) is 0 Å². The fourth-order valence-electron chi connectivity index (χ4n) is 1.42. The lowest BCUT2D eigenvalue weighted by Crippen LogP contribution is -2.22. The van der Waals surface area contributed by atoms with E-state index in [9.17, 15) is 9.59 Å². The lowest BCUT2D eigenvalue weighted by Gasteiger charge is -2.07. The Hall–Kier alpha value is -2.39. The van der Waals surface area contributed by atoms with Gasteiger partial charge >= 0.3 is 0 Å². The van der Waals surface area contributed by atoms with E-state index in [0.29, 0.717) is 12.2 Å². The van der Waals surface area contributed by atoms with Crippen LogP contribution in [0, 0.1) is 11.3 Å². The smallest absolute Gasteiger partial charge is 0.250 e. The van der Waals surface area contributed by atoms with Crippen LogP contribution in [-0.2, 0) is 20.9 Å². The van der Waals surface area contributed by atoms with Crippen molar-refractivity contribution in [3.05, 3.63) is 29.8 Å². The molecular formula is C13H15N3O3. The van der Waals surface area contributed by atoms with Gasteiger partial charge in [0.15, 0.2) is 0 Å². The highest BCUT2D eigenvalue weighted by molar-refractivity contribution is 5.91. The van der Waals surface area contributed by atoms with E-state index in [-0.39, 0.29) is 24.8 Å². The highest BCUT2D eigenvalue weighted by atomic mass is 16.5. The summed E-state index contributed by atoms with van der Waals surface area (Å²) in [5.41, 5.74) is 1.47. The molecule has 0 saturated heterocycles. The van der Waals surface area contributed by atoms with Crippen LogP contribution in [0.2, 0.25) is 0 Å². The third-order valence-electron chi connectivity index (χ3n) is 2.22. The monoisotopic (exact) mass is 261 g/mol. The zero-order valence-corrected chi connectivity index (χ0v) is 10.6. The first-order valence-electron chi connectivity index (χ1n) is 5.67. The Morgan fingerprint density at radius 3 is 2.84 bits per heavy atom. The Labute approximate surface area is 111 Å². The summed E-state index contributed by atoms with van der Waals surface area (Å²) < 4.78 is 4.71. The van der Waals surface area contributed by atoms with Gasteiger partial charge in [-0.05, 0) is 17.7 Å². The largest absolute Gasteiger partial charge is 0.375 e. The van der Waals surface area contributed by atoms with Gasteiger partial charge in [0.25, 0.3) is 0 Å². The van der Waals surface area contributed by atoms with Crippen LogP contribution in [0.3, 0.4) is 0 Å². The third kappa shape index (κ3) is 5.66. The van der Waals surface area contributed by atoms with Crippen LogP contribution in [0.5, 0.6) is 0 Å². The number of benzene rings is 1. The fourth-order valence-corrected chi connectivity index (χ4v) is 1.42. The molecule has 19 heavy (non-hydrogen) atoms. The van der Waals surface area contributed by atoms with Crippen molar-refractivity contribution in [1.82, 2.24) is 5.32 Å². The number of carbonyl (C=O) groups excluding carboxylic acids is 2. The molecule has 0 radical (unpaired) electrons. The maximum Gasteiger partial charge on any atom is 0.250 e. The van der Waals surface area contributed by atoms with Gasteiger partial charge in [-0.1, -0.05) is 12.1 Å². The van der Waals surface area contributed by atoms with E-state index in [2.05, 4.69) is 10.6 Å². The second-order valence-electron chi connectivity index (χ2n) is 3.79. The Morgan fingerprint density at radius 1 is 1.37 bits per heavy atom. The summed E-state index contributed by atoms with van der Waals surface area (Å²) in [5, 5.41) is 13.6. The van der Waals surface area contributed by atoms with Gasteiger partial charge in [-0.3, -0.25) is 9.59 Å². The zero-order chi connectivity index (χ0) is 14.1. The molecule has 6 heteroatoms. The summed E-state index contributed by atoms with van der Waals surface area (Å²) >= 11 is 0. The minimum Gasteiger partial charge on any atom is -0.375 e. The molecule has 1 aromatic carbocycles. The molecule has 0 aromatic heterocycles. The molecule has 0 saturated carbocycles. The zero-order valence-electron chi connectivity index (χ0n) is 10.6. The predicted molar refractivity (Wildman–Crippen MR) is 69.0 cm³/mol. The molecule has 2 amide bonds. The Kier molecular flexibility index (Phi) is 6.06. The van der Waals surface area contributed by atoms with Crippen molar-refractivity contribution in [1.29, 1.82) is 5.26 Å². The van der Waals surface area contributed by atoms with Crippen LogP contribution in [0.1, 0.15) is 12.0 Å². The van der Waals surface area contributed by atoms with Crippen LogP contribution in [0.4, 0.5) is 5.69 Å². The number of methoxy groups -OCH3 is 1. The highest BCUT2D eigenvalue weighted by Gasteiger charge is 2.03. The van der Waals surface area contributed by atoms with E-state index in [1.165, 1.54) is 7.11 Å². The number of carbonyl (C=O) groups is 2. The lowest BCUT2D eigenvalue weighted by atomic mass is 10.2. The van der Waals surface area contributed by atoms with Crippen molar-refractivity contribution in [2.75, 3.05) is 19.0 Å². The van der Waals surface area contributed by atoms with E-state index >= 15 is 0 Å². The summed E-state index contributed by atoms with van der Waals surface area (Å²) in [6.45, 7) is 0.303. The van der Waals surface area contributed by atoms with Crippen LogP contribution >= 0.6 is 0 Å². The van der Waals surface area contributed by atoms with Crippen molar-refractivity contribution in [2.24, 2.45) is 0 Å². The van der Waals surface area contributed by atoms with Gasteiger partial charge in [0.05, 0.1) is 6.07 Å². The van der Waals surface area contributed by atoms with E-state index in [0.717, 1.165) is 5.56 Å². The second-order valence-corrected chi connectivity index (χ2v) is 3.79. The molecule has 0 fully saturated rings. The Morgan fingerprint density at radius 2 is 2.16 bits per heavy atom. The van der Waals surface area contributed by atoms with Gasteiger partial charge in [0.1, 0.15) is 13.0 Å². The van der Waals surface area contributed by atoms with Crippen LogP contribution in [0.15, 0.2) is 24.3 Å². The number of rotatable bonds is 6. The average molecular weight is 261 g/mol. The predicted octanol–water partition coefficient (Wildman–Crippen LogP) is 0.801. The molecule has 0 unspecified atom stereocenters. The number of hydrogen-bond donors (Lipinski definition) is 2. The first-order valence-corrected chi connectivity index (χ1v) is 5.67. The van der Waals surface area contributed by atoms with Crippen molar-refractivity contribution in [3.8, 4) is 6.07 Å². The number of amides is 2. The van der Waals surface area contributed by atoms with Crippen molar-refractivity contribution < 1.29 is 14.3 Å². The number of nitriles is 1. The maximum absolute atomic E-state index is 11.3. The number of nitrogens with zero attached hydrogens (tertiary/aromatic N) is 1. The first kappa shape index (κ1) is 14.7. The highest BCUT2D eigenvalue weighted by Crippen LogP contribution is 2.10. The van der Waals surface area contributed by atoms with E-state index in [1.807, 2.05) is 6.07 Å². The van der Waals surface area contributed by atoms with Gasteiger partial charge in [0, 0.05) is 19.3 Å². The van der Waals surface area contributed by atoms with Gasteiger partial charge < -0.3 is 15.4 Å². The molecule has 0 atom stereocenters. The average Bonchev–Trinajstić information content (AvgIpc) is 2.37. The number of anilines is 1. The molecule has 0 aliphatic carbocycles. The fraction of sp³-hybridized carbons (Fsp3) is 0.308. The third-order valence-corrected chi connectivity index (χ3v) is 2.22. The molecule has 2 N–H and O–H groups in total. The molecule has 0 bridgehead atoms. The standard InChI is InChI=1S/C13H15N3O3/c1-19-9-13(18)16-11-4-2-3-10(7-11)8-15-12(17)5-6-14/h2-4,7H,5,8-9H2,1H3,(H,15,17)(H,16,18). The molecule has 6 nitrogen and oxygen atoms in total. The summed E-state index contributed by atoms with van der Waals surface area (Å²) in [4.78, 5) is 22.5. The molecule has 1 rings (SSSR count). The van der Waals surface area contributed by atoms with Gasteiger partial charge in [-0.15, -0.1) is 0 Å². The van der Waals surface area contributed by atoms with Crippen LogP contribution in [-0.4, -0.2) is 25.5 Å². The van der Waals surface area contributed by atoms with Gasteiger partial charge in [0.2, 0.25) is 11.8 Å². The maximum atomic E-state index is 11.3. The van der Waals surface area contributed by atoms with Crippen LogP contribution < -0.4 is 10.6 Å². The minimum atomic E-state index is -0.323. The molecule has 1 aromatic rings. The van der Waals surface area contributed by atoms with E-state index in [4.69, 9.17) is 10.00 Å². The molecule has 0 spiro atoms. The summed E-state index contributed by atoms with van der Waals surface area (Å²) in [6.07, 6.45) is -0.162. The second kappa shape index (κ2) is 7.84. The number of hydrogen-bond acceptors (Lipinski definition) is 4. The normalized spacial score (nSPS) is 9.47. The van der Waals surface area contributed by atoms with Crippen molar-refractivity contribution in [2.45, 2.75) is 13.0 Å². The van der Waals surface area contributed by atoms with E-state index in [1.54, 1.807) is 24.3 Å². The molecule has 0 heterocycles. The van der Waals surface area contributed by atoms with E-state index < -0.39 is 0 Å². The van der Waals surface area contributed by atoms with Crippen molar-refractivity contribution in [3.63, 3.8) is 0 Å². The molecular weight excluding hydrogens is 246 g/mol. The topological polar surface area (TPSA) is 91.2 Å². The number of nitrogens with one attached hydrogen (secondary N) is 2. The Bertz CT molecular complexity index is 494. The molecule has 100 valence electrons. The summed E-state index contributed by atoms with van der Waals surface area (Å²) in [5.74, 6) is -0.565. The number of ether oxygens (including phenoxy) is 1. The minimum absolute atomic E-state index is 0.0108. The Balaban J connectivity index is 2.55. The van der Waals surface area contributed by atoms with Crippen LogP contribution in [0.25, 0.3) is 0 Å². The summed E-state index contributed by atoms with van der Waals surface area (Å²) in [6, 6.07) is 8.86.